The molecule has 0 saturated carbocycles. The second kappa shape index (κ2) is 7.54. The standard InChI is InChI=1S/C19H29N5O4/c1-12(2)11-24-18(28)23(9-10-25)17(27)19(24)5-7-22(8-6-19)16(26)15-13(3)20-14(4)21-15/h12,25H,5-11H2,1-4H3,(H,20,21). The van der Waals surface area contributed by atoms with Gasteiger partial charge in [0.15, 0.2) is 0 Å². The summed E-state index contributed by atoms with van der Waals surface area (Å²) >= 11 is 0. The van der Waals surface area contributed by atoms with Gasteiger partial charge in [0, 0.05) is 25.3 Å². The maximum absolute atomic E-state index is 13.1. The zero-order valence-corrected chi connectivity index (χ0v) is 17.0. The van der Waals surface area contributed by atoms with E-state index in [2.05, 4.69) is 9.97 Å². The number of aliphatic hydroxyl groups excluding tert-OH is 1. The van der Waals surface area contributed by atoms with E-state index in [1.165, 1.54) is 0 Å². The van der Waals surface area contributed by atoms with E-state index in [1.54, 1.807) is 16.7 Å². The van der Waals surface area contributed by atoms with Crippen molar-refractivity contribution in [3.8, 4) is 0 Å². The number of aromatic nitrogens is 2. The van der Waals surface area contributed by atoms with Crippen LogP contribution in [0.2, 0.25) is 0 Å². The fraction of sp³-hybridized carbons (Fsp3) is 0.684. The van der Waals surface area contributed by atoms with E-state index in [-0.39, 0.29) is 36.9 Å². The first-order valence-electron chi connectivity index (χ1n) is 9.78. The van der Waals surface area contributed by atoms with Crippen LogP contribution in [0.3, 0.4) is 0 Å². The van der Waals surface area contributed by atoms with Crippen molar-refractivity contribution < 1.29 is 19.5 Å². The topological polar surface area (TPSA) is 110 Å². The molecule has 4 amide bonds. The number of aryl methyl sites for hydroxylation is 2. The lowest BCUT2D eigenvalue weighted by atomic mass is 9.85. The Kier molecular flexibility index (Phi) is 5.47. The molecule has 3 rings (SSSR count). The minimum atomic E-state index is -0.927. The number of piperidine rings is 1. The zero-order valence-electron chi connectivity index (χ0n) is 17.0. The average molecular weight is 391 g/mol. The summed E-state index contributed by atoms with van der Waals surface area (Å²) in [6, 6.07) is -0.341. The van der Waals surface area contributed by atoms with Crippen molar-refractivity contribution in [3.63, 3.8) is 0 Å². The number of aromatic amines is 1. The Morgan fingerprint density at radius 2 is 1.89 bits per heavy atom. The Balaban J connectivity index is 1.81. The highest BCUT2D eigenvalue weighted by molar-refractivity contribution is 6.07. The number of urea groups is 1. The molecule has 2 aliphatic heterocycles. The van der Waals surface area contributed by atoms with Gasteiger partial charge in [0.25, 0.3) is 11.8 Å². The second-order valence-corrected chi connectivity index (χ2v) is 8.09. The van der Waals surface area contributed by atoms with Crippen molar-refractivity contribution in [2.24, 2.45) is 5.92 Å². The SMILES string of the molecule is Cc1nc(C(=O)N2CCC3(CC2)C(=O)N(CCO)C(=O)N3CC(C)C)c(C)[nH]1. The lowest BCUT2D eigenvalue weighted by Crippen LogP contribution is -2.58. The summed E-state index contributed by atoms with van der Waals surface area (Å²) in [5, 5.41) is 9.26. The third kappa shape index (κ3) is 3.28. The van der Waals surface area contributed by atoms with Crippen LogP contribution in [0.1, 0.15) is 48.7 Å². The molecule has 0 bridgehead atoms. The molecule has 0 unspecified atom stereocenters. The molecule has 1 aromatic rings. The Morgan fingerprint density at radius 1 is 1.25 bits per heavy atom. The average Bonchev–Trinajstić information content (AvgIpc) is 3.07. The summed E-state index contributed by atoms with van der Waals surface area (Å²) < 4.78 is 0. The number of hydrogen-bond donors (Lipinski definition) is 2. The molecule has 2 saturated heterocycles. The fourth-order valence-electron chi connectivity index (χ4n) is 4.23. The van der Waals surface area contributed by atoms with Crippen molar-refractivity contribution in [2.75, 3.05) is 32.8 Å². The van der Waals surface area contributed by atoms with Crippen LogP contribution >= 0.6 is 0 Å². The normalized spacial score (nSPS) is 19.4. The van der Waals surface area contributed by atoms with Gasteiger partial charge in [-0.3, -0.25) is 14.5 Å². The molecular weight excluding hydrogens is 362 g/mol. The molecule has 2 N–H and O–H groups in total. The second-order valence-electron chi connectivity index (χ2n) is 8.09. The zero-order chi connectivity index (χ0) is 20.6. The molecule has 0 aromatic carbocycles. The highest BCUT2D eigenvalue weighted by atomic mass is 16.3. The molecule has 2 aliphatic rings. The van der Waals surface area contributed by atoms with Gasteiger partial charge >= 0.3 is 6.03 Å². The summed E-state index contributed by atoms with van der Waals surface area (Å²) in [5.74, 6) is 0.480. The molecule has 0 radical (unpaired) electrons. The molecule has 154 valence electrons. The Morgan fingerprint density at radius 3 is 2.39 bits per heavy atom. The van der Waals surface area contributed by atoms with E-state index in [0.29, 0.717) is 44.0 Å². The Labute approximate surface area is 164 Å². The maximum atomic E-state index is 13.1. The molecule has 3 heterocycles. The summed E-state index contributed by atoms with van der Waals surface area (Å²) in [5.41, 5.74) is 0.206. The molecule has 1 aromatic heterocycles. The minimum absolute atomic E-state index is 0.00238. The van der Waals surface area contributed by atoms with Gasteiger partial charge in [0.05, 0.1) is 13.2 Å². The first-order valence-corrected chi connectivity index (χ1v) is 9.78. The van der Waals surface area contributed by atoms with Gasteiger partial charge in [-0.25, -0.2) is 9.78 Å². The van der Waals surface area contributed by atoms with Crippen molar-refractivity contribution in [2.45, 2.75) is 46.1 Å². The van der Waals surface area contributed by atoms with E-state index < -0.39 is 5.54 Å². The first-order chi connectivity index (χ1) is 13.2. The smallest absolute Gasteiger partial charge is 0.327 e. The van der Waals surface area contributed by atoms with Gasteiger partial charge in [-0.15, -0.1) is 0 Å². The number of aliphatic hydroxyl groups is 1. The highest BCUT2D eigenvalue weighted by Crippen LogP contribution is 2.38. The van der Waals surface area contributed by atoms with E-state index in [0.717, 1.165) is 10.6 Å². The number of amides is 4. The van der Waals surface area contributed by atoms with Crippen LogP contribution in [-0.2, 0) is 4.79 Å². The first kappa shape index (κ1) is 20.3. The third-order valence-electron chi connectivity index (χ3n) is 5.58. The molecule has 9 nitrogen and oxygen atoms in total. The number of nitrogens with zero attached hydrogens (tertiary/aromatic N) is 4. The number of hydrogen-bond acceptors (Lipinski definition) is 5. The number of β-amino-alcohol motifs (C(OH)–C–C–N with tert-alkyl or cyclic N) is 1. The number of rotatable bonds is 5. The number of nitrogens with one attached hydrogen (secondary N) is 1. The monoisotopic (exact) mass is 391 g/mol. The van der Waals surface area contributed by atoms with Gasteiger partial charge < -0.3 is 19.9 Å². The van der Waals surface area contributed by atoms with Crippen molar-refractivity contribution in [1.29, 1.82) is 0 Å². The van der Waals surface area contributed by atoms with Crippen molar-refractivity contribution >= 4 is 17.8 Å². The molecule has 2 fully saturated rings. The number of imidazole rings is 1. The predicted octanol–water partition coefficient (Wildman–Crippen LogP) is 0.914. The van der Waals surface area contributed by atoms with Crippen LogP contribution in [0.5, 0.6) is 0 Å². The number of carbonyl (C=O) groups is 3. The molecule has 9 heteroatoms. The maximum Gasteiger partial charge on any atom is 0.327 e. The van der Waals surface area contributed by atoms with Gasteiger partial charge in [-0.1, -0.05) is 13.8 Å². The molecule has 28 heavy (non-hydrogen) atoms. The molecule has 1 spiro atoms. The quantitative estimate of drug-likeness (QED) is 0.725. The van der Waals surface area contributed by atoms with Gasteiger partial charge in [-0.2, -0.15) is 0 Å². The molecule has 0 aliphatic carbocycles. The largest absolute Gasteiger partial charge is 0.395 e. The van der Waals surface area contributed by atoms with E-state index >= 15 is 0 Å². The number of H-pyrrole nitrogens is 1. The van der Waals surface area contributed by atoms with Gasteiger partial charge in [0.2, 0.25) is 0 Å². The minimum Gasteiger partial charge on any atom is -0.395 e. The van der Waals surface area contributed by atoms with Crippen LogP contribution in [0, 0.1) is 19.8 Å². The predicted molar refractivity (Wildman–Crippen MR) is 102 cm³/mol. The van der Waals surface area contributed by atoms with Crippen molar-refractivity contribution in [1.82, 2.24) is 24.7 Å². The fourth-order valence-corrected chi connectivity index (χ4v) is 4.23. The van der Waals surface area contributed by atoms with Crippen LogP contribution in [-0.4, -0.2) is 85.9 Å². The van der Waals surface area contributed by atoms with Crippen LogP contribution in [0.15, 0.2) is 0 Å². The lowest BCUT2D eigenvalue weighted by molar-refractivity contribution is -0.135. The van der Waals surface area contributed by atoms with E-state index in [4.69, 9.17) is 0 Å². The van der Waals surface area contributed by atoms with Crippen LogP contribution < -0.4 is 0 Å². The molecule has 0 atom stereocenters. The van der Waals surface area contributed by atoms with Crippen molar-refractivity contribution in [3.05, 3.63) is 17.2 Å². The van der Waals surface area contributed by atoms with E-state index in [9.17, 15) is 19.5 Å². The third-order valence-corrected chi connectivity index (χ3v) is 5.58. The molecular formula is C19H29N5O4. The summed E-state index contributed by atoms with van der Waals surface area (Å²) in [6.07, 6.45) is 0.779. The van der Waals surface area contributed by atoms with E-state index in [1.807, 2.05) is 20.8 Å². The van der Waals surface area contributed by atoms with Gasteiger partial charge in [0.1, 0.15) is 17.1 Å². The summed E-state index contributed by atoms with van der Waals surface area (Å²) in [6.45, 7) is 8.59. The number of likely N-dealkylation sites (tertiary alicyclic amines) is 1. The Hall–Kier alpha value is -2.42. The van der Waals surface area contributed by atoms with Crippen LogP contribution in [0.4, 0.5) is 4.79 Å². The highest BCUT2D eigenvalue weighted by Gasteiger charge is 2.58. The Bertz CT molecular complexity index is 779. The van der Waals surface area contributed by atoms with Crippen LogP contribution in [0.25, 0.3) is 0 Å². The summed E-state index contributed by atoms with van der Waals surface area (Å²) in [4.78, 5) is 50.6. The lowest BCUT2D eigenvalue weighted by Gasteiger charge is -2.42. The summed E-state index contributed by atoms with van der Waals surface area (Å²) in [7, 11) is 0. The number of carbonyl (C=O) groups excluding carboxylic acids is 3. The van der Waals surface area contributed by atoms with Gasteiger partial charge in [-0.05, 0) is 32.6 Å². The number of imide groups is 1.